The van der Waals surface area contributed by atoms with Crippen molar-refractivity contribution in [2.45, 2.75) is 51.7 Å². The highest BCUT2D eigenvalue weighted by atomic mass is 16.5. The fourth-order valence-electron chi connectivity index (χ4n) is 3.74. The smallest absolute Gasteiger partial charge is 0.254 e. The minimum atomic E-state index is 0.0580. The maximum atomic E-state index is 12.7. The van der Waals surface area contributed by atoms with Crippen molar-refractivity contribution in [2.75, 3.05) is 13.1 Å². The molecule has 1 saturated carbocycles. The first-order chi connectivity index (χ1) is 12.1. The lowest BCUT2D eigenvalue weighted by Gasteiger charge is -2.39. The predicted octanol–water partition coefficient (Wildman–Crippen LogP) is 2.91. The monoisotopic (exact) mass is 340 g/mol. The summed E-state index contributed by atoms with van der Waals surface area (Å²) in [6.45, 7) is 5.20. The summed E-state index contributed by atoms with van der Waals surface area (Å²) in [6, 6.07) is 7.80. The van der Waals surface area contributed by atoms with E-state index < -0.39 is 0 Å². The number of likely N-dealkylation sites (tertiary alicyclic amines) is 1. The maximum Gasteiger partial charge on any atom is 0.254 e. The van der Waals surface area contributed by atoms with Crippen LogP contribution in [0.2, 0.25) is 0 Å². The molecular weight excluding hydrogens is 316 g/mol. The first-order valence-corrected chi connectivity index (χ1v) is 9.06. The van der Waals surface area contributed by atoms with E-state index in [0.29, 0.717) is 24.8 Å². The molecule has 0 radical (unpaired) electrons. The number of benzene rings is 1. The Kier molecular flexibility index (Phi) is 4.19. The maximum absolute atomic E-state index is 12.7. The fraction of sp³-hybridized carbons (Fsp3) is 0.526. The van der Waals surface area contributed by atoms with Crippen molar-refractivity contribution < 1.29 is 9.53 Å². The number of carbonyl (C=O) groups excluding carboxylic acids is 1. The summed E-state index contributed by atoms with van der Waals surface area (Å²) in [7, 11) is 0. The second-order valence-electron chi connectivity index (χ2n) is 7.07. The van der Waals surface area contributed by atoms with Crippen molar-refractivity contribution in [3.05, 3.63) is 41.5 Å². The molecule has 1 aromatic carbocycles. The van der Waals surface area contributed by atoms with Crippen LogP contribution in [0.1, 0.15) is 53.7 Å². The van der Waals surface area contributed by atoms with Crippen LogP contribution >= 0.6 is 0 Å². The largest absolute Gasteiger partial charge is 0.490 e. The molecule has 25 heavy (non-hydrogen) atoms. The first kappa shape index (κ1) is 16.1. The summed E-state index contributed by atoms with van der Waals surface area (Å²) in [5.41, 5.74) is 0.695. The van der Waals surface area contributed by atoms with Gasteiger partial charge in [0, 0.05) is 18.7 Å². The number of aromatic nitrogens is 3. The fourth-order valence-corrected chi connectivity index (χ4v) is 3.74. The molecule has 2 heterocycles. The average Bonchev–Trinajstić information content (AvgIpc) is 3.16. The van der Waals surface area contributed by atoms with E-state index in [-0.39, 0.29) is 11.9 Å². The van der Waals surface area contributed by atoms with Gasteiger partial charge in [-0.25, -0.2) is 9.67 Å². The molecule has 0 atom stereocenters. The Labute approximate surface area is 147 Å². The van der Waals surface area contributed by atoms with Crippen molar-refractivity contribution in [1.82, 2.24) is 19.7 Å². The Bertz CT molecular complexity index is 773. The third-order valence-corrected chi connectivity index (χ3v) is 5.09. The normalized spacial score (nSPS) is 18.4. The van der Waals surface area contributed by atoms with Crippen LogP contribution in [0.15, 0.2) is 24.3 Å². The van der Waals surface area contributed by atoms with Gasteiger partial charge in [0.1, 0.15) is 17.4 Å². The number of hydrogen-bond acceptors (Lipinski definition) is 4. The zero-order valence-electron chi connectivity index (χ0n) is 14.8. The zero-order chi connectivity index (χ0) is 17.4. The summed E-state index contributed by atoms with van der Waals surface area (Å²) in [4.78, 5) is 18.9. The van der Waals surface area contributed by atoms with Crippen LogP contribution in [0.5, 0.6) is 5.75 Å². The lowest BCUT2D eigenvalue weighted by atomic mass is 10.1. The van der Waals surface area contributed by atoms with Crippen LogP contribution in [0.4, 0.5) is 0 Å². The number of rotatable bonds is 4. The molecule has 0 spiro atoms. The second-order valence-corrected chi connectivity index (χ2v) is 7.07. The molecule has 4 rings (SSSR count). The first-order valence-electron chi connectivity index (χ1n) is 9.06. The number of aryl methyl sites for hydroxylation is 2. The molecule has 1 aliphatic carbocycles. The standard InChI is InChI=1S/C19H24N4O2/c1-13-20-14(2)23(21-13)16-11-22(12-16)19(24)15-6-5-9-18(10-15)25-17-7-3-4-8-17/h5-6,9-10,16-17H,3-4,7-8,11-12H2,1-2H3. The third kappa shape index (κ3) is 3.25. The Balaban J connectivity index is 1.39. The number of carbonyl (C=O) groups is 1. The molecule has 2 fully saturated rings. The van der Waals surface area contributed by atoms with Gasteiger partial charge in [-0.1, -0.05) is 6.07 Å². The minimum Gasteiger partial charge on any atom is -0.490 e. The van der Waals surface area contributed by atoms with Crippen molar-refractivity contribution in [2.24, 2.45) is 0 Å². The summed E-state index contributed by atoms with van der Waals surface area (Å²) >= 11 is 0. The van der Waals surface area contributed by atoms with Crippen molar-refractivity contribution in [3.63, 3.8) is 0 Å². The molecule has 0 bridgehead atoms. The molecule has 1 aliphatic heterocycles. The molecule has 2 aliphatic rings. The van der Waals surface area contributed by atoms with E-state index in [2.05, 4.69) is 10.1 Å². The lowest BCUT2D eigenvalue weighted by Crippen LogP contribution is -2.51. The SMILES string of the molecule is Cc1nc(C)n(C2CN(C(=O)c3cccc(OC4CCCC4)c3)C2)n1. The number of ether oxygens (including phenoxy) is 1. The number of amides is 1. The van der Waals surface area contributed by atoms with E-state index in [4.69, 9.17) is 4.74 Å². The van der Waals surface area contributed by atoms with Gasteiger partial charge in [0.15, 0.2) is 0 Å². The van der Waals surface area contributed by atoms with Gasteiger partial charge < -0.3 is 9.64 Å². The van der Waals surface area contributed by atoms with Crippen molar-refractivity contribution in [1.29, 1.82) is 0 Å². The van der Waals surface area contributed by atoms with Crippen LogP contribution in [0.3, 0.4) is 0 Å². The van der Waals surface area contributed by atoms with E-state index in [0.717, 1.165) is 30.2 Å². The molecule has 2 aromatic rings. The van der Waals surface area contributed by atoms with Gasteiger partial charge in [-0.15, -0.1) is 0 Å². The summed E-state index contributed by atoms with van der Waals surface area (Å²) in [5, 5.41) is 4.42. The van der Waals surface area contributed by atoms with E-state index in [9.17, 15) is 4.79 Å². The van der Waals surface area contributed by atoms with Crippen molar-refractivity contribution >= 4 is 5.91 Å². The lowest BCUT2D eigenvalue weighted by molar-refractivity contribution is 0.0496. The summed E-state index contributed by atoms with van der Waals surface area (Å²) < 4.78 is 7.94. The minimum absolute atomic E-state index is 0.0580. The molecule has 0 N–H and O–H groups in total. The van der Waals surface area contributed by atoms with Crippen LogP contribution < -0.4 is 4.74 Å². The Hall–Kier alpha value is -2.37. The molecule has 6 nitrogen and oxygen atoms in total. The van der Waals surface area contributed by atoms with E-state index >= 15 is 0 Å². The number of hydrogen-bond donors (Lipinski definition) is 0. The second kappa shape index (κ2) is 6.50. The summed E-state index contributed by atoms with van der Waals surface area (Å²) in [5.74, 6) is 2.54. The molecule has 6 heteroatoms. The Morgan fingerprint density at radius 1 is 1.20 bits per heavy atom. The van der Waals surface area contributed by atoms with Crippen LogP contribution in [0, 0.1) is 13.8 Å². The topological polar surface area (TPSA) is 60.2 Å². The zero-order valence-corrected chi connectivity index (χ0v) is 14.8. The molecular formula is C19H24N4O2. The van der Waals surface area contributed by atoms with Gasteiger partial charge in [-0.05, 0) is 57.7 Å². The highest BCUT2D eigenvalue weighted by Crippen LogP contribution is 2.27. The van der Waals surface area contributed by atoms with Gasteiger partial charge in [0.25, 0.3) is 5.91 Å². The van der Waals surface area contributed by atoms with Gasteiger partial charge in [-0.2, -0.15) is 5.10 Å². The van der Waals surface area contributed by atoms with Gasteiger partial charge >= 0.3 is 0 Å². The highest BCUT2D eigenvalue weighted by Gasteiger charge is 2.34. The third-order valence-electron chi connectivity index (χ3n) is 5.09. The summed E-state index contributed by atoms with van der Waals surface area (Å²) in [6.07, 6.45) is 5.00. The Morgan fingerprint density at radius 2 is 1.96 bits per heavy atom. The van der Waals surface area contributed by atoms with Crippen LogP contribution in [0.25, 0.3) is 0 Å². The molecule has 0 unspecified atom stereocenters. The van der Waals surface area contributed by atoms with E-state index in [1.165, 1.54) is 12.8 Å². The van der Waals surface area contributed by atoms with Crippen molar-refractivity contribution in [3.8, 4) is 5.75 Å². The van der Waals surface area contributed by atoms with Crippen LogP contribution in [-0.2, 0) is 0 Å². The molecule has 1 amide bonds. The average molecular weight is 340 g/mol. The van der Waals surface area contributed by atoms with Gasteiger partial charge in [-0.3, -0.25) is 4.79 Å². The Morgan fingerprint density at radius 3 is 2.64 bits per heavy atom. The quantitative estimate of drug-likeness (QED) is 0.859. The highest BCUT2D eigenvalue weighted by molar-refractivity contribution is 5.95. The predicted molar refractivity (Wildman–Crippen MR) is 93.8 cm³/mol. The van der Waals surface area contributed by atoms with Gasteiger partial charge in [0.2, 0.25) is 0 Å². The molecule has 132 valence electrons. The van der Waals surface area contributed by atoms with E-state index in [1.807, 2.05) is 47.7 Å². The van der Waals surface area contributed by atoms with Crippen LogP contribution in [-0.4, -0.2) is 44.8 Å². The number of nitrogens with zero attached hydrogens (tertiary/aromatic N) is 4. The molecule has 1 aromatic heterocycles. The van der Waals surface area contributed by atoms with Gasteiger partial charge in [0.05, 0.1) is 12.1 Å². The van der Waals surface area contributed by atoms with E-state index in [1.54, 1.807) is 0 Å². The molecule has 1 saturated heterocycles.